The summed E-state index contributed by atoms with van der Waals surface area (Å²) in [5.74, 6) is -0.108. The van der Waals surface area contributed by atoms with E-state index in [0.717, 1.165) is 19.1 Å². The molecule has 1 unspecified atom stereocenters. The second-order valence-electron chi connectivity index (χ2n) is 5.41. The van der Waals surface area contributed by atoms with Crippen molar-refractivity contribution in [2.45, 2.75) is 42.9 Å². The van der Waals surface area contributed by atoms with E-state index in [-0.39, 0.29) is 35.6 Å². The van der Waals surface area contributed by atoms with Crippen molar-refractivity contribution < 1.29 is 16.8 Å². The quantitative estimate of drug-likeness (QED) is 0.670. The predicted molar refractivity (Wildman–Crippen MR) is 94.9 cm³/mol. The molecule has 0 saturated heterocycles. The Bertz CT molecular complexity index is 673. The fraction of sp³-hybridized carbons (Fsp3) is 0.571. The molecular weight excluding hydrogens is 360 g/mol. The molecule has 0 heterocycles. The first kappa shape index (κ1) is 22.3. The Balaban J connectivity index is 0.00000484. The molecule has 1 rings (SSSR count). The topological polar surface area (TPSA) is 106 Å². The van der Waals surface area contributed by atoms with Crippen molar-refractivity contribution in [1.82, 2.24) is 4.72 Å². The van der Waals surface area contributed by atoms with Crippen molar-refractivity contribution in [1.29, 1.82) is 0 Å². The molecule has 0 saturated carbocycles. The van der Waals surface area contributed by atoms with Gasteiger partial charge in [-0.25, -0.2) is 21.6 Å². The molecule has 0 aliphatic carbocycles. The van der Waals surface area contributed by atoms with E-state index in [2.05, 4.69) is 4.72 Å². The summed E-state index contributed by atoms with van der Waals surface area (Å²) in [7, 11) is -6.78. The summed E-state index contributed by atoms with van der Waals surface area (Å²) in [5.41, 5.74) is 6.16. The van der Waals surface area contributed by atoms with Crippen molar-refractivity contribution >= 4 is 32.3 Å². The van der Waals surface area contributed by atoms with Crippen LogP contribution in [0.4, 0.5) is 0 Å². The summed E-state index contributed by atoms with van der Waals surface area (Å²) >= 11 is 0. The molecule has 1 atom stereocenters. The lowest BCUT2D eigenvalue weighted by Crippen LogP contribution is -2.40. The Morgan fingerprint density at radius 2 is 1.70 bits per heavy atom. The lowest BCUT2D eigenvalue weighted by molar-refractivity contribution is 0.516. The average molecular weight is 385 g/mol. The van der Waals surface area contributed by atoms with Crippen LogP contribution in [-0.4, -0.2) is 35.7 Å². The van der Waals surface area contributed by atoms with Gasteiger partial charge in [-0.15, -0.1) is 12.4 Å². The number of unbranched alkanes of at least 4 members (excludes halogenated alkanes) is 1. The molecule has 0 radical (unpaired) electrons. The van der Waals surface area contributed by atoms with Gasteiger partial charge in [0.1, 0.15) is 0 Å². The molecular formula is C14H25ClN2O4S2. The Kier molecular flexibility index (Phi) is 9.30. The van der Waals surface area contributed by atoms with Crippen molar-refractivity contribution in [3.63, 3.8) is 0 Å². The molecule has 1 aromatic carbocycles. The van der Waals surface area contributed by atoms with Gasteiger partial charge in [0.2, 0.25) is 10.0 Å². The number of nitrogens with one attached hydrogen (secondary N) is 1. The minimum absolute atomic E-state index is 0. The van der Waals surface area contributed by atoms with Crippen LogP contribution in [-0.2, 0) is 25.6 Å². The van der Waals surface area contributed by atoms with Crippen molar-refractivity contribution in [3.05, 3.63) is 29.8 Å². The largest absolute Gasteiger partial charge is 0.329 e. The van der Waals surface area contributed by atoms with Gasteiger partial charge in [0.05, 0.1) is 10.6 Å². The summed E-state index contributed by atoms with van der Waals surface area (Å²) < 4.78 is 49.6. The van der Waals surface area contributed by atoms with Gasteiger partial charge in [-0.2, -0.15) is 0 Å². The van der Waals surface area contributed by atoms with E-state index in [4.69, 9.17) is 5.73 Å². The number of sulfone groups is 1. The summed E-state index contributed by atoms with van der Waals surface area (Å²) in [4.78, 5) is 0.111. The van der Waals surface area contributed by atoms with E-state index < -0.39 is 19.9 Å². The second kappa shape index (κ2) is 9.58. The van der Waals surface area contributed by atoms with Crippen LogP contribution in [0.25, 0.3) is 0 Å². The van der Waals surface area contributed by atoms with Crippen molar-refractivity contribution in [2.75, 3.05) is 12.8 Å². The Labute approximate surface area is 145 Å². The SMILES string of the molecule is CCCCC(CN)NS(=O)(=O)c1ccc(CS(C)(=O)=O)cc1.Cl. The summed E-state index contributed by atoms with van der Waals surface area (Å²) in [6.07, 6.45) is 3.70. The van der Waals surface area contributed by atoms with Crippen LogP contribution in [0.1, 0.15) is 31.7 Å². The van der Waals surface area contributed by atoms with E-state index in [1.165, 1.54) is 24.3 Å². The predicted octanol–water partition coefficient (Wildman–Crippen LogP) is 1.45. The van der Waals surface area contributed by atoms with Gasteiger partial charge in [-0.1, -0.05) is 31.9 Å². The van der Waals surface area contributed by atoms with Gasteiger partial charge < -0.3 is 5.73 Å². The van der Waals surface area contributed by atoms with Crippen LogP contribution in [0, 0.1) is 0 Å². The number of hydrogen-bond acceptors (Lipinski definition) is 5. The van der Waals surface area contributed by atoms with E-state index in [1.807, 2.05) is 6.92 Å². The fourth-order valence-corrected chi connectivity index (χ4v) is 4.11. The number of sulfonamides is 1. The second-order valence-corrected chi connectivity index (χ2v) is 9.26. The van der Waals surface area contributed by atoms with Gasteiger partial charge >= 0.3 is 0 Å². The number of hydrogen-bond donors (Lipinski definition) is 2. The standard InChI is InChI=1S/C14H24N2O4S2.ClH/c1-3-4-5-13(10-15)16-22(19,20)14-8-6-12(7-9-14)11-21(2,17)18;/h6-9,13,16H,3-5,10-11,15H2,1-2H3;1H. The van der Waals surface area contributed by atoms with Gasteiger partial charge in [0.25, 0.3) is 0 Å². The summed E-state index contributed by atoms with van der Waals surface area (Å²) in [6, 6.07) is 5.56. The third-order valence-corrected chi connectivity index (χ3v) is 5.57. The van der Waals surface area contributed by atoms with E-state index >= 15 is 0 Å². The van der Waals surface area contributed by atoms with E-state index in [0.29, 0.717) is 12.0 Å². The maximum absolute atomic E-state index is 12.3. The summed E-state index contributed by atoms with van der Waals surface area (Å²) in [5, 5.41) is 0. The smallest absolute Gasteiger partial charge is 0.240 e. The minimum atomic E-state index is -3.64. The monoisotopic (exact) mass is 384 g/mol. The van der Waals surface area contributed by atoms with Gasteiger partial charge in [-0.3, -0.25) is 0 Å². The highest BCUT2D eigenvalue weighted by molar-refractivity contribution is 7.90. The van der Waals surface area contributed by atoms with E-state index in [1.54, 1.807) is 0 Å². The van der Waals surface area contributed by atoms with Crippen LogP contribution in [0.3, 0.4) is 0 Å². The molecule has 23 heavy (non-hydrogen) atoms. The molecule has 0 fully saturated rings. The highest BCUT2D eigenvalue weighted by Gasteiger charge is 2.19. The lowest BCUT2D eigenvalue weighted by atomic mass is 10.1. The first-order chi connectivity index (χ1) is 10.2. The normalized spacial score (nSPS) is 13.3. The molecule has 0 aromatic heterocycles. The zero-order valence-corrected chi connectivity index (χ0v) is 15.8. The number of rotatable bonds is 9. The molecule has 1 aromatic rings. The van der Waals surface area contributed by atoms with Crippen molar-refractivity contribution in [3.8, 4) is 0 Å². The third kappa shape index (κ3) is 8.12. The van der Waals surface area contributed by atoms with Crippen LogP contribution < -0.4 is 10.5 Å². The summed E-state index contributed by atoms with van der Waals surface area (Å²) in [6.45, 7) is 2.27. The molecule has 6 nitrogen and oxygen atoms in total. The molecule has 0 aliphatic heterocycles. The maximum atomic E-state index is 12.3. The van der Waals surface area contributed by atoms with Gasteiger partial charge in [-0.05, 0) is 24.1 Å². The van der Waals surface area contributed by atoms with Crippen LogP contribution in [0.5, 0.6) is 0 Å². The fourth-order valence-electron chi connectivity index (χ4n) is 2.03. The van der Waals surface area contributed by atoms with Gasteiger partial charge in [0, 0.05) is 18.8 Å². The first-order valence-corrected chi connectivity index (χ1v) is 10.7. The molecule has 134 valence electrons. The van der Waals surface area contributed by atoms with Gasteiger partial charge in [0.15, 0.2) is 9.84 Å². The maximum Gasteiger partial charge on any atom is 0.240 e. The number of benzene rings is 1. The minimum Gasteiger partial charge on any atom is -0.329 e. The zero-order chi connectivity index (χ0) is 16.8. The first-order valence-electron chi connectivity index (χ1n) is 7.17. The molecule has 0 bridgehead atoms. The third-order valence-electron chi connectivity index (χ3n) is 3.17. The Morgan fingerprint density at radius 1 is 1.13 bits per heavy atom. The van der Waals surface area contributed by atoms with E-state index in [9.17, 15) is 16.8 Å². The molecule has 0 spiro atoms. The van der Waals surface area contributed by atoms with Crippen LogP contribution in [0.15, 0.2) is 29.2 Å². The molecule has 3 N–H and O–H groups in total. The zero-order valence-electron chi connectivity index (χ0n) is 13.4. The molecule has 0 aliphatic rings. The van der Waals surface area contributed by atoms with Crippen LogP contribution in [0.2, 0.25) is 0 Å². The molecule has 9 heteroatoms. The number of halogens is 1. The van der Waals surface area contributed by atoms with Crippen molar-refractivity contribution in [2.24, 2.45) is 5.73 Å². The average Bonchev–Trinajstić information content (AvgIpc) is 2.42. The lowest BCUT2D eigenvalue weighted by Gasteiger charge is -2.16. The number of nitrogens with two attached hydrogens (primary N) is 1. The Hall–Kier alpha value is -0.670. The Morgan fingerprint density at radius 3 is 2.13 bits per heavy atom. The highest BCUT2D eigenvalue weighted by atomic mass is 35.5. The molecule has 0 amide bonds. The van der Waals surface area contributed by atoms with Crippen LogP contribution >= 0.6 is 12.4 Å². The highest BCUT2D eigenvalue weighted by Crippen LogP contribution is 2.14.